The van der Waals surface area contributed by atoms with Crippen LogP contribution < -0.4 is 20.7 Å². The van der Waals surface area contributed by atoms with Gasteiger partial charge in [-0.05, 0) is 98.8 Å². The van der Waals surface area contributed by atoms with E-state index in [1.54, 1.807) is 25.4 Å². The molecule has 0 aliphatic rings. The number of amides is 2. The summed E-state index contributed by atoms with van der Waals surface area (Å²) in [5.74, 6) is 1.37. The van der Waals surface area contributed by atoms with Crippen molar-refractivity contribution < 1.29 is 19.4 Å². The first-order valence-electron chi connectivity index (χ1n) is 17.0. The second-order valence-corrected chi connectivity index (χ2v) is 12.9. The number of nitrogens with one attached hydrogen (secondary N) is 3. The van der Waals surface area contributed by atoms with Gasteiger partial charge in [-0.1, -0.05) is 54.6 Å². The maximum atomic E-state index is 12.8. The molecule has 4 N–H and O–H groups in total. The monoisotopic (exact) mass is 673 g/mol. The van der Waals surface area contributed by atoms with Crippen LogP contribution in [0.25, 0.3) is 5.82 Å². The largest absolute Gasteiger partial charge is 0.497 e. The Bertz CT molecular complexity index is 1850. The number of hydrogen-bond donors (Lipinski definition) is 4. The summed E-state index contributed by atoms with van der Waals surface area (Å²) in [4.78, 5) is 30.2. The quantitative estimate of drug-likeness (QED) is 0.107. The minimum atomic E-state index is -0.678. The van der Waals surface area contributed by atoms with E-state index in [9.17, 15) is 14.7 Å². The molecule has 5 aromatic rings. The van der Waals surface area contributed by atoms with E-state index in [-0.39, 0.29) is 30.3 Å². The highest BCUT2D eigenvalue weighted by molar-refractivity contribution is 5.94. The number of carbonyl (C=O) groups excluding carboxylic acids is 2. The number of pyridine rings is 1. The topological polar surface area (TPSA) is 118 Å². The smallest absolute Gasteiger partial charge is 0.251 e. The minimum Gasteiger partial charge on any atom is -0.497 e. The molecule has 2 aromatic heterocycles. The highest BCUT2D eigenvalue weighted by Crippen LogP contribution is 2.19. The Labute approximate surface area is 294 Å². The average molecular weight is 674 g/mol. The lowest BCUT2D eigenvalue weighted by atomic mass is 10.0. The fourth-order valence-electron chi connectivity index (χ4n) is 5.96. The fourth-order valence-corrected chi connectivity index (χ4v) is 5.96. The van der Waals surface area contributed by atoms with Crippen molar-refractivity contribution in [2.45, 2.75) is 65.3 Å². The highest BCUT2D eigenvalue weighted by atomic mass is 16.5. The highest BCUT2D eigenvalue weighted by Gasteiger charge is 2.14. The number of aliphatic hydroxyl groups is 1. The van der Waals surface area contributed by atoms with E-state index in [2.05, 4.69) is 56.7 Å². The van der Waals surface area contributed by atoms with Crippen LogP contribution in [0.2, 0.25) is 0 Å². The van der Waals surface area contributed by atoms with Crippen molar-refractivity contribution in [3.63, 3.8) is 0 Å². The molecule has 2 amide bonds. The molecular weight excluding hydrogens is 626 g/mol. The van der Waals surface area contributed by atoms with Gasteiger partial charge in [-0.15, -0.1) is 0 Å². The van der Waals surface area contributed by atoms with Gasteiger partial charge in [0.05, 0.1) is 25.7 Å². The fraction of sp³-hybridized carbons (Fsp3) is 0.293. The number of aryl methyl sites for hydroxylation is 2. The van der Waals surface area contributed by atoms with Gasteiger partial charge in [-0.2, -0.15) is 0 Å². The second kappa shape index (κ2) is 16.9. The third-order valence-corrected chi connectivity index (χ3v) is 8.88. The first kappa shape index (κ1) is 36.0. The van der Waals surface area contributed by atoms with Gasteiger partial charge in [0, 0.05) is 47.8 Å². The van der Waals surface area contributed by atoms with Gasteiger partial charge < -0.3 is 30.4 Å². The van der Waals surface area contributed by atoms with E-state index in [0.717, 1.165) is 57.2 Å². The molecule has 2 heterocycles. The molecule has 1 unspecified atom stereocenters. The Morgan fingerprint density at radius 1 is 0.840 bits per heavy atom. The lowest BCUT2D eigenvalue weighted by Gasteiger charge is -2.18. The molecule has 0 aliphatic carbocycles. The lowest BCUT2D eigenvalue weighted by Crippen LogP contribution is -2.32. The molecular formula is C41H47N5O4. The van der Waals surface area contributed by atoms with Crippen molar-refractivity contribution in [3.05, 3.63) is 148 Å². The molecule has 0 saturated carbocycles. The van der Waals surface area contributed by atoms with Crippen LogP contribution in [0.5, 0.6) is 5.75 Å². The summed E-state index contributed by atoms with van der Waals surface area (Å²) in [7, 11) is 1.62. The molecule has 260 valence electrons. The van der Waals surface area contributed by atoms with Crippen molar-refractivity contribution >= 4 is 11.8 Å². The Kier molecular flexibility index (Phi) is 12.2. The van der Waals surface area contributed by atoms with Gasteiger partial charge in [-0.25, -0.2) is 4.98 Å². The molecule has 50 heavy (non-hydrogen) atoms. The van der Waals surface area contributed by atoms with Crippen LogP contribution in [0.3, 0.4) is 0 Å². The molecule has 5 rings (SSSR count). The normalized spacial score (nSPS) is 12.9. The molecule has 3 atom stereocenters. The van der Waals surface area contributed by atoms with Crippen LogP contribution in [-0.4, -0.2) is 46.2 Å². The van der Waals surface area contributed by atoms with E-state index >= 15 is 0 Å². The summed E-state index contributed by atoms with van der Waals surface area (Å²) in [5, 5.41) is 20.2. The number of benzene rings is 3. The summed E-state index contributed by atoms with van der Waals surface area (Å²) in [6, 6.07) is 30.9. The van der Waals surface area contributed by atoms with Crippen molar-refractivity contribution in [1.29, 1.82) is 0 Å². The first-order chi connectivity index (χ1) is 24.1. The third kappa shape index (κ3) is 9.68. The van der Waals surface area contributed by atoms with Crippen molar-refractivity contribution in [1.82, 2.24) is 25.5 Å². The molecule has 0 fully saturated rings. The van der Waals surface area contributed by atoms with Crippen molar-refractivity contribution in [2.75, 3.05) is 13.7 Å². The summed E-state index contributed by atoms with van der Waals surface area (Å²) in [6.07, 6.45) is 2.08. The van der Waals surface area contributed by atoms with E-state index in [4.69, 9.17) is 4.74 Å². The zero-order chi connectivity index (χ0) is 35.6. The van der Waals surface area contributed by atoms with Crippen LogP contribution in [-0.2, 0) is 24.2 Å². The molecule has 0 aliphatic heterocycles. The van der Waals surface area contributed by atoms with Crippen molar-refractivity contribution in [3.8, 4) is 11.6 Å². The van der Waals surface area contributed by atoms with Gasteiger partial charge >= 0.3 is 0 Å². The minimum absolute atomic E-state index is 0.0756. The summed E-state index contributed by atoms with van der Waals surface area (Å²) in [6.45, 7) is 8.89. The van der Waals surface area contributed by atoms with Crippen molar-refractivity contribution in [2.24, 2.45) is 0 Å². The molecule has 9 nitrogen and oxygen atoms in total. The first-order valence-corrected chi connectivity index (χ1v) is 17.0. The molecule has 9 heteroatoms. The Morgan fingerprint density at radius 3 is 2.18 bits per heavy atom. The molecule has 0 bridgehead atoms. The van der Waals surface area contributed by atoms with Gasteiger partial charge in [0.25, 0.3) is 5.91 Å². The number of rotatable bonds is 15. The van der Waals surface area contributed by atoms with Crippen LogP contribution in [0, 0.1) is 13.8 Å². The Morgan fingerprint density at radius 2 is 1.52 bits per heavy atom. The average Bonchev–Trinajstić information content (AvgIpc) is 3.47. The van der Waals surface area contributed by atoms with Gasteiger partial charge in [-0.3, -0.25) is 9.59 Å². The van der Waals surface area contributed by atoms with Crippen LogP contribution in [0.4, 0.5) is 0 Å². The van der Waals surface area contributed by atoms with E-state index in [1.807, 2.05) is 81.4 Å². The predicted octanol–water partition coefficient (Wildman–Crippen LogP) is 6.10. The number of aliphatic hydroxyl groups excluding tert-OH is 1. The zero-order valence-electron chi connectivity index (χ0n) is 29.4. The second-order valence-electron chi connectivity index (χ2n) is 12.9. The number of carbonyl (C=O) groups is 2. The molecule has 3 aromatic carbocycles. The van der Waals surface area contributed by atoms with Gasteiger partial charge in [0.2, 0.25) is 5.91 Å². The molecule has 0 spiro atoms. The van der Waals surface area contributed by atoms with E-state index in [0.29, 0.717) is 18.7 Å². The maximum Gasteiger partial charge on any atom is 0.251 e. The number of aromatic nitrogens is 2. The standard InChI is InChI=1S/C41H47N5O4/c1-27(42-26-38(47)36-17-20-39(43-25-36)46-28(2)9-10-29(46)3)21-32-7-6-8-33(22-32)23-40(48)44-24-31-11-13-35(14-12-31)41(49)45-30(4)34-15-18-37(50-5)19-16-34/h6-20,22,25,27,30,38,42,47H,21,23-24,26H2,1-5H3,(H,44,48)(H,45,49)/t27?,30-,38+/m1/s1. The van der Waals surface area contributed by atoms with Crippen LogP contribution >= 0.6 is 0 Å². The summed E-state index contributed by atoms with van der Waals surface area (Å²) in [5.41, 5.74) is 7.50. The predicted molar refractivity (Wildman–Crippen MR) is 196 cm³/mol. The lowest BCUT2D eigenvalue weighted by molar-refractivity contribution is -0.120. The third-order valence-electron chi connectivity index (χ3n) is 8.88. The Hall–Kier alpha value is -5.25. The summed E-state index contributed by atoms with van der Waals surface area (Å²) >= 11 is 0. The number of hydrogen-bond acceptors (Lipinski definition) is 6. The van der Waals surface area contributed by atoms with Gasteiger partial charge in [0.15, 0.2) is 0 Å². The number of methoxy groups -OCH3 is 1. The van der Waals surface area contributed by atoms with Crippen LogP contribution in [0.1, 0.15) is 75.6 Å². The maximum absolute atomic E-state index is 12.8. The SMILES string of the molecule is COc1ccc([C@@H](C)NC(=O)c2ccc(CNC(=O)Cc3cccc(CC(C)NC[C@H](O)c4ccc(-n5c(C)ccc5C)nc4)c3)cc2)cc1. The van der Waals surface area contributed by atoms with E-state index in [1.165, 1.54) is 0 Å². The molecule has 0 radical (unpaired) electrons. The number of ether oxygens (including phenoxy) is 1. The Balaban J connectivity index is 1.04. The number of nitrogens with zero attached hydrogens (tertiary/aromatic N) is 2. The van der Waals surface area contributed by atoms with Gasteiger partial charge in [0.1, 0.15) is 11.6 Å². The van der Waals surface area contributed by atoms with Crippen LogP contribution in [0.15, 0.2) is 103 Å². The van der Waals surface area contributed by atoms with E-state index < -0.39 is 6.10 Å². The molecule has 0 saturated heterocycles. The zero-order valence-corrected chi connectivity index (χ0v) is 29.4. The summed E-state index contributed by atoms with van der Waals surface area (Å²) < 4.78 is 7.29.